The molecule has 1 aliphatic heterocycles. The average molecular weight is 294 g/mol. The second-order valence-electron chi connectivity index (χ2n) is 4.99. The third-order valence-corrected chi connectivity index (χ3v) is 3.57. The van der Waals surface area contributed by atoms with Gasteiger partial charge >= 0.3 is 0 Å². The fourth-order valence-corrected chi connectivity index (χ4v) is 2.34. The minimum absolute atomic E-state index is 0.136. The van der Waals surface area contributed by atoms with Crippen LogP contribution in [-0.4, -0.2) is 30.7 Å². The number of benzene rings is 1. The second-order valence-corrected chi connectivity index (χ2v) is 4.99. The lowest BCUT2D eigenvalue weighted by atomic mass is 9.97. The largest absolute Gasteiger partial charge is 0.494 e. The highest BCUT2D eigenvalue weighted by atomic mass is 16.6. The maximum absolute atomic E-state index is 11.2. The van der Waals surface area contributed by atoms with Crippen molar-refractivity contribution >= 4 is 11.6 Å². The molecule has 7 nitrogen and oxygen atoms in total. The molecule has 1 heterocycles. The summed E-state index contributed by atoms with van der Waals surface area (Å²) < 4.78 is 10.8. The number of carbonyl (C=O) groups is 1. The zero-order chi connectivity index (χ0) is 15.2. The molecule has 0 radical (unpaired) electrons. The summed E-state index contributed by atoms with van der Waals surface area (Å²) in [6.07, 6.45) is 2.94. The molecule has 0 saturated carbocycles. The van der Waals surface area contributed by atoms with Crippen molar-refractivity contribution in [1.82, 2.24) is 0 Å². The van der Waals surface area contributed by atoms with Gasteiger partial charge in [0.2, 0.25) is 0 Å². The van der Waals surface area contributed by atoms with E-state index in [1.165, 1.54) is 18.2 Å². The van der Waals surface area contributed by atoms with Gasteiger partial charge in [-0.05, 0) is 37.3 Å². The fourth-order valence-electron chi connectivity index (χ4n) is 2.34. The summed E-state index contributed by atoms with van der Waals surface area (Å²) in [6.45, 7) is 2.07. The van der Waals surface area contributed by atoms with Gasteiger partial charge in [0, 0.05) is 19.3 Å². The molecular formula is C14H18N2O5. The summed E-state index contributed by atoms with van der Waals surface area (Å²) in [5.41, 5.74) is 4.71. The van der Waals surface area contributed by atoms with Crippen molar-refractivity contribution in [2.45, 2.75) is 19.3 Å². The van der Waals surface area contributed by atoms with Gasteiger partial charge in [0.15, 0.2) is 0 Å². The Balaban J connectivity index is 1.95. The Labute approximate surface area is 122 Å². The Morgan fingerprint density at radius 3 is 2.76 bits per heavy atom. The monoisotopic (exact) mass is 294 g/mol. The Morgan fingerprint density at radius 2 is 2.14 bits per heavy atom. The first kappa shape index (κ1) is 15.2. The van der Waals surface area contributed by atoms with Gasteiger partial charge in [-0.1, -0.05) is 0 Å². The SMILES string of the molecule is NC(=O)c1cc(OCCC2CCOCC2)ccc1[N+](=O)[O-]. The van der Waals surface area contributed by atoms with Gasteiger partial charge in [-0.25, -0.2) is 0 Å². The molecule has 1 aromatic carbocycles. The molecular weight excluding hydrogens is 276 g/mol. The number of ether oxygens (including phenoxy) is 2. The maximum Gasteiger partial charge on any atom is 0.282 e. The third kappa shape index (κ3) is 4.16. The van der Waals surface area contributed by atoms with Crippen LogP contribution in [0.25, 0.3) is 0 Å². The second kappa shape index (κ2) is 7.03. The summed E-state index contributed by atoms with van der Waals surface area (Å²) in [5.74, 6) is 0.158. The highest BCUT2D eigenvalue weighted by molar-refractivity contribution is 5.97. The number of rotatable bonds is 6. The van der Waals surface area contributed by atoms with E-state index in [9.17, 15) is 14.9 Å². The molecule has 1 aromatic rings. The lowest BCUT2D eigenvalue weighted by molar-refractivity contribution is -0.385. The zero-order valence-corrected chi connectivity index (χ0v) is 11.6. The molecule has 114 valence electrons. The van der Waals surface area contributed by atoms with Gasteiger partial charge in [0.05, 0.1) is 11.5 Å². The van der Waals surface area contributed by atoms with E-state index in [-0.39, 0.29) is 11.3 Å². The topological polar surface area (TPSA) is 105 Å². The van der Waals surface area contributed by atoms with E-state index in [4.69, 9.17) is 15.2 Å². The number of nitro groups is 1. The Kier molecular flexibility index (Phi) is 5.10. The van der Waals surface area contributed by atoms with Crippen LogP contribution in [0.1, 0.15) is 29.6 Å². The molecule has 0 aromatic heterocycles. The first-order valence-corrected chi connectivity index (χ1v) is 6.86. The molecule has 2 N–H and O–H groups in total. The highest BCUT2D eigenvalue weighted by Crippen LogP contribution is 2.25. The molecule has 1 amide bonds. The standard InChI is InChI=1S/C14H18N2O5/c15-14(17)12-9-11(1-2-13(12)16(18)19)21-8-5-10-3-6-20-7-4-10/h1-2,9-10H,3-8H2,(H2,15,17). The summed E-state index contributed by atoms with van der Waals surface area (Å²) >= 11 is 0. The van der Waals surface area contributed by atoms with Crippen LogP contribution in [0.3, 0.4) is 0 Å². The van der Waals surface area contributed by atoms with E-state index >= 15 is 0 Å². The number of hydrogen-bond donors (Lipinski definition) is 1. The minimum atomic E-state index is -0.837. The van der Waals surface area contributed by atoms with E-state index in [0.29, 0.717) is 18.3 Å². The third-order valence-electron chi connectivity index (χ3n) is 3.57. The summed E-state index contributed by atoms with van der Waals surface area (Å²) in [7, 11) is 0. The molecule has 0 aliphatic carbocycles. The van der Waals surface area contributed by atoms with E-state index in [2.05, 4.69) is 0 Å². The average Bonchev–Trinajstić information content (AvgIpc) is 2.48. The Hall–Kier alpha value is -2.15. The lowest BCUT2D eigenvalue weighted by Crippen LogP contribution is -2.18. The van der Waals surface area contributed by atoms with Crippen LogP contribution in [-0.2, 0) is 4.74 Å². The van der Waals surface area contributed by atoms with Crippen LogP contribution in [0.2, 0.25) is 0 Å². The van der Waals surface area contributed by atoms with E-state index in [0.717, 1.165) is 32.5 Å². The molecule has 21 heavy (non-hydrogen) atoms. The predicted molar refractivity (Wildman–Crippen MR) is 75.3 cm³/mol. The van der Waals surface area contributed by atoms with Crippen molar-refractivity contribution in [3.05, 3.63) is 33.9 Å². The molecule has 0 spiro atoms. The molecule has 1 saturated heterocycles. The smallest absolute Gasteiger partial charge is 0.282 e. The lowest BCUT2D eigenvalue weighted by Gasteiger charge is -2.21. The van der Waals surface area contributed by atoms with Gasteiger partial charge in [0.25, 0.3) is 11.6 Å². The number of hydrogen-bond acceptors (Lipinski definition) is 5. The van der Waals surface area contributed by atoms with Gasteiger partial charge in [-0.2, -0.15) is 0 Å². The predicted octanol–water partition coefficient (Wildman–Crippen LogP) is 1.89. The number of nitrogens with two attached hydrogens (primary N) is 1. The van der Waals surface area contributed by atoms with Crippen LogP contribution in [0.5, 0.6) is 5.75 Å². The number of carbonyl (C=O) groups excluding carboxylic acids is 1. The van der Waals surface area contributed by atoms with Crippen molar-refractivity contribution in [3.8, 4) is 5.75 Å². The van der Waals surface area contributed by atoms with E-state index in [1.807, 2.05) is 0 Å². The first-order chi connectivity index (χ1) is 10.1. The van der Waals surface area contributed by atoms with E-state index in [1.54, 1.807) is 0 Å². The van der Waals surface area contributed by atoms with Crippen molar-refractivity contribution < 1.29 is 19.2 Å². The summed E-state index contributed by atoms with van der Waals surface area (Å²) in [4.78, 5) is 21.4. The Bertz CT molecular complexity index is 526. The van der Waals surface area contributed by atoms with Crippen LogP contribution in [0, 0.1) is 16.0 Å². The van der Waals surface area contributed by atoms with Gasteiger partial charge < -0.3 is 15.2 Å². The molecule has 7 heteroatoms. The van der Waals surface area contributed by atoms with Crippen LogP contribution >= 0.6 is 0 Å². The molecule has 2 rings (SSSR count). The Morgan fingerprint density at radius 1 is 1.43 bits per heavy atom. The normalized spacial score (nSPS) is 15.6. The van der Waals surface area contributed by atoms with Crippen LogP contribution in [0.15, 0.2) is 18.2 Å². The van der Waals surface area contributed by atoms with Gasteiger partial charge in [-0.3, -0.25) is 14.9 Å². The zero-order valence-electron chi connectivity index (χ0n) is 11.6. The van der Waals surface area contributed by atoms with Gasteiger partial charge in [-0.15, -0.1) is 0 Å². The quantitative estimate of drug-likeness (QED) is 0.637. The maximum atomic E-state index is 11.2. The van der Waals surface area contributed by atoms with Crippen molar-refractivity contribution in [2.24, 2.45) is 11.7 Å². The molecule has 0 bridgehead atoms. The number of nitro benzene ring substituents is 1. The van der Waals surface area contributed by atoms with Crippen LogP contribution < -0.4 is 10.5 Å². The first-order valence-electron chi connectivity index (χ1n) is 6.86. The van der Waals surface area contributed by atoms with Crippen molar-refractivity contribution in [1.29, 1.82) is 0 Å². The highest BCUT2D eigenvalue weighted by Gasteiger charge is 2.19. The number of primary amides is 1. The van der Waals surface area contributed by atoms with E-state index < -0.39 is 10.8 Å². The van der Waals surface area contributed by atoms with Gasteiger partial charge in [0.1, 0.15) is 11.3 Å². The van der Waals surface area contributed by atoms with Crippen LogP contribution in [0.4, 0.5) is 5.69 Å². The minimum Gasteiger partial charge on any atom is -0.494 e. The number of amides is 1. The summed E-state index contributed by atoms with van der Waals surface area (Å²) in [5, 5.41) is 10.8. The fraction of sp³-hybridized carbons (Fsp3) is 0.500. The molecule has 0 unspecified atom stereocenters. The molecule has 1 fully saturated rings. The number of nitrogens with zero attached hydrogens (tertiary/aromatic N) is 1. The summed E-state index contributed by atoms with van der Waals surface area (Å²) in [6, 6.07) is 4.04. The molecule has 0 atom stereocenters. The molecule has 1 aliphatic rings. The van der Waals surface area contributed by atoms with Crippen molar-refractivity contribution in [3.63, 3.8) is 0 Å². The van der Waals surface area contributed by atoms with Crippen molar-refractivity contribution in [2.75, 3.05) is 19.8 Å².